The summed E-state index contributed by atoms with van der Waals surface area (Å²) in [5.41, 5.74) is 0. The zero-order chi connectivity index (χ0) is 22.3. The molecule has 0 heterocycles. The summed E-state index contributed by atoms with van der Waals surface area (Å²) in [6.45, 7) is 12.3. The van der Waals surface area contributed by atoms with Crippen LogP contribution in [-0.4, -0.2) is 91.3 Å². The molecule has 0 saturated carbocycles. The fraction of sp³-hybridized carbons (Fsp3) is 0.750. The van der Waals surface area contributed by atoms with Gasteiger partial charge in [0.1, 0.15) is 17.3 Å². The zero-order valence-electron chi connectivity index (χ0n) is 17.9. The maximum absolute atomic E-state index is 5.34. The van der Waals surface area contributed by atoms with Crippen LogP contribution >= 0.6 is 92.0 Å². The molecule has 0 saturated heterocycles. The molecule has 0 radical (unpaired) electrons. The predicted molar refractivity (Wildman–Crippen MR) is 154 cm³/mol. The minimum absolute atomic E-state index is 0.837. The normalized spacial score (nSPS) is 9.71. The molecule has 0 aromatic carbocycles. The lowest BCUT2D eigenvalue weighted by Crippen LogP contribution is -2.28. The molecule has 0 bridgehead atoms. The van der Waals surface area contributed by atoms with Crippen LogP contribution in [0.2, 0.25) is 0 Å². The molecule has 164 valence electrons. The summed E-state index contributed by atoms with van der Waals surface area (Å²) in [4.78, 5) is 8.12. The van der Waals surface area contributed by atoms with Crippen LogP contribution in [-0.2, 0) is 0 Å². The quantitative estimate of drug-likeness (QED) is 0.324. The Morgan fingerprint density at radius 3 is 0.893 bits per heavy atom. The molecule has 0 unspecified atom stereocenters. The van der Waals surface area contributed by atoms with Gasteiger partial charge in [-0.1, -0.05) is 48.9 Å². The molecule has 0 amide bonds. The van der Waals surface area contributed by atoms with Crippen LogP contribution in [0.15, 0.2) is 0 Å². The van der Waals surface area contributed by atoms with Gasteiger partial charge in [0, 0.05) is 54.4 Å². The second-order valence-electron chi connectivity index (χ2n) is 5.53. The second kappa shape index (κ2) is 18.7. The molecule has 0 spiro atoms. The average molecular weight is 537 g/mol. The van der Waals surface area contributed by atoms with Crippen LogP contribution in [0.3, 0.4) is 0 Å². The molecule has 0 atom stereocenters. The summed E-state index contributed by atoms with van der Waals surface area (Å²) in [6, 6.07) is 0. The van der Waals surface area contributed by atoms with Crippen molar-refractivity contribution in [2.45, 2.75) is 27.7 Å². The van der Waals surface area contributed by atoms with Crippen molar-refractivity contribution in [3.05, 3.63) is 0 Å². The topological polar surface area (TPSA) is 13.0 Å². The molecule has 0 rings (SSSR count). The van der Waals surface area contributed by atoms with Crippen molar-refractivity contribution in [2.75, 3.05) is 54.4 Å². The summed E-state index contributed by atoms with van der Waals surface area (Å²) >= 11 is 20.8. The first kappa shape index (κ1) is 31.1. The summed E-state index contributed by atoms with van der Waals surface area (Å²) in [6.07, 6.45) is 0. The van der Waals surface area contributed by atoms with Crippen molar-refractivity contribution >= 4 is 109 Å². The van der Waals surface area contributed by atoms with Crippen molar-refractivity contribution in [2.24, 2.45) is 0 Å². The van der Waals surface area contributed by atoms with E-state index in [1.807, 2.05) is 38.0 Å². The fourth-order valence-electron chi connectivity index (χ4n) is 1.36. The zero-order valence-corrected chi connectivity index (χ0v) is 24.4. The number of nitrogens with zero attached hydrogens (tertiary/aromatic N) is 4. The lowest BCUT2D eigenvalue weighted by Gasteiger charge is -2.23. The first-order valence-corrected chi connectivity index (χ1v) is 14.7. The number of hydrogen-bond acceptors (Lipinski definition) is 8. The van der Waals surface area contributed by atoms with Crippen LogP contribution in [0, 0.1) is 0 Å². The van der Waals surface area contributed by atoms with Gasteiger partial charge in [-0.25, -0.2) is 0 Å². The monoisotopic (exact) mass is 536 g/mol. The van der Waals surface area contributed by atoms with E-state index in [4.69, 9.17) is 48.9 Å². The average Bonchev–Trinajstić information content (AvgIpc) is 2.66. The molecule has 28 heavy (non-hydrogen) atoms. The van der Waals surface area contributed by atoms with Gasteiger partial charge >= 0.3 is 0 Å². The molecule has 0 aliphatic carbocycles. The van der Waals surface area contributed by atoms with E-state index in [1.165, 1.54) is 21.6 Å². The Bertz CT molecular complexity index is 447. The first-order valence-electron chi connectivity index (χ1n) is 8.74. The second-order valence-corrected chi connectivity index (χ2v) is 12.3. The van der Waals surface area contributed by atoms with Gasteiger partial charge in [0.2, 0.25) is 0 Å². The van der Waals surface area contributed by atoms with E-state index in [1.54, 1.807) is 21.6 Å². The van der Waals surface area contributed by atoms with Crippen molar-refractivity contribution in [3.8, 4) is 0 Å². The van der Waals surface area contributed by atoms with Crippen LogP contribution in [0.5, 0.6) is 0 Å². The SMILES string of the molecule is CCN(CC)C(=S)SSC(=S)N(CC)CC.CN(C)C(=S)SSC(=S)N(C)C. The van der Waals surface area contributed by atoms with Gasteiger partial charge in [0.05, 0.1) is 0 Å². The molecule has 4 nitrogen and oxygen atoms in total. The van der Waals surface area contributed by atoms with E-state index in [2.05, 4.69) is 37.5 Å². The molecule has 0 aliphatic heterocycles. The third-order valence-corrected chi connectivity index (χ3v) is 11.0. The van der Waals surface area contributed by atoms with Crippen LogP contribution in [0.25, 0.3) is 0 Å². The van der Waals surface area contributed by atoms with Gasteiger partial charge < -0.3 is 19.6 Å². The Morgan fingerprint density at radius 1 is 0.500 bits per heavy atom. The summed E-state index contributed by atoms with van der Waals surface area (Å²) in [7, 11) is 13.9. The largest absolute Gasteiger partial charge is 0.363 e. The van der Waals surface area contributed by atoms with Crippen LogP contribution < -0.4 is 0 Å². The third kappa shape index (κ3) is 14.9. The van der Waals surface area contributed by atoms with Gasteiger partial charge in [-0.2, -0.15) is 0 Å². The molecular formula is C16H32N4S8. The molecular weight excluding hydrogens is 505 g/mol. The highest BCUT2D eigenvalue weighted by Gasteiger charge is 2.11. The van der Waals surface area contributed by atoms with Gasteiger partial charge in [-0.05, 0) is 70.9 Å². The Morgan fingerprint density at radius 2 is 0.714 bits per heavy atom. The third-order valence-electron chi connectivity index (χ3n) is 3.14. The summed E-state index contributed by atoms with van der Waals surface area (Å²) in [5, 5.41) is 0. The Labute approximate surface area is 209 Å². The van der Waals surface area contributed by atoms with E-state index in [-0.39, 0.29) is 0 Å². The highest BCUT2D eigenvalue weighted by atomic mass is 33.1. The van der Waals surface area contributed by atoms with Crippen molar-refractivity contribution in [1.82, 2.24) is 19.6 Å². The Balaban J connectivity index is 0. The maximum Gasteiger partial charge on any atom is 0.147 e. The highest BCUT2D eigenvalue weighted by Crippen LogP contribution is 2.28. The number of hydrogen-bond donors (Lipinski definition) is 0. The predicted octanol–water partition coefficient (Wildman–Crippen LogP) is 5.68. The van der Waals surface area contributed by atoms with Gasteiger partial charge in [0.15, 0.2) is 0 Å². The van der Waals surface area contributed by atoms with Crippen molar-refractivity contribution in [1.29, 1.82) is 0 Å². The van der Waals surface area contributed by atoms with Gasteiger partial charge in [0.25, 0.3) is 0 Å². The first-order chi connectivity index (χ1) is 13.0. The highest BCUT2D eigenvalue weighted by molar-refractivity contribution is 8.90. The molecule has 12 heteroatoms. The Hall–Kier alpha value is 0.960. The standard InChI is InChI=1S/C10H20N2S4.C6H12N2S4/c1-5-11(6-2)9(13)15-16-10(14)12(7-3)8-4;1-7(2)5(9)11-12-6(10)8(3)4/h5-8H2,1-4H3;1-4H3. The van der Waals surface area contributed by atoms with Crippen molar-refractivity contribution < 1.29 is 0 Å². The molecule has 0 aliphatic rings. The fourth-order valence-corrected chi connectivity index (χ4v) is 6.79. The van der Waals surface area contributed by atoms with E-state index in [0.717, 1.165) is 43.5 Å². The van der Waals surface area contributed by atoms with Gasteiger partial charge in [-0.3, -0.25) is 0 Å². The molecule has 0 aromatic rings. The summed E-state index contributed by atoms with van der Waals surface area (Å²) < 4.78 is 3.52. The minimum atomic E-state index is 0.837. The van der Waals surface area contributed by atoms with Crippen molar-refractivity contribution in [3.63, 3.8) is 0 Å². The van der Waals surface area contributed by atoms with Crippen LogP contribution in [0.4, 0.5) is 0 Å². The molecule has 0 fully saturated rings. The van der Waals surface area contributed by atoms with Gasteiger partial charge in [-0.15, -0.1) is 0 Å². The lowest BCUT2D eigenvalue weighted by atomic mass is 10.6. The van der Waals surface area contributed by atoms with E-state index >= 15 is 0 Å². The van der Waals surface area contributed by atoms with E-state index in [9.17, 15) is 0 Å². The lowest BCUT2D eigenvalue weighted by molar-refractivity contribution is 0.482. The minimum Gasteiger partial charge on any atom is -0.363 e. The molecule has 0 aromatic heterocycles. The van der Waals surface area contributed by atoms with Crippen LogP contribution in [0.1, 0.15) is 27.7 Å². The number of thiocarbonyl (C=S) groups is 4. The van der Waals surface area contributed by atoms with E-state index < -0.39 is 0 Å². The number of rotatable bonds is 4. The van der Waals surface area contributed by atoms with E-state index in [0.29, 0.717) is 0 Å². The summed E-state index contributed by atoms with van der Waals surface area (Å²) in [5.74, 6) is 0. The molecule has 0 N–H and O–H groups in total. The maximum atomic E-state index is 5.34. The smallest absolute Gasteiger partial charge is 0.147 e. The Kier molecular flexibility index (Phi) is 20.8.